The number of nitrogens with zero attached hydrogens (tertiary/aromatic N) is 1. The maximum absolute atomic E-state index is 13.0. The molecule has 0 bridgehead atoms. The Kier molecular flexibility index (Phi) is 5.61. The van der Waals surface area contributed by atoms with Gasteiger partial charge in [-0.05, 0) is 24.6 Å². The molecule has 3 heteroatoms. The molecule has 1 unspecified atom stereocenters. The molecule has 1 aromatic rings. The first-order chi connectivity index (χ1) is 7.63. The summed E-state index contributed by atoms with van der Waals surface area (Å²) in [5, 5.41) is 0.133. The summed E-state index contributed by atoms with van der Waals surface area (Å²) in [5.41, 5.74) is 0.877. The van der Waals surface area contributed by atoms with Gasteiger partial charge in [-0.1, -0.05) is 25.8 Å². The Morgan fingerprint density at radius 2 is 2.19 bits per heavy atom. The standard InChI is InChI=1S/C13H19ClFN/c1-3-4-6-11(14)10-16(2)13-8-5-7-12(15)9-13/h5,7-9,11H,3-4,6,10H2,1-2H3. The molecule has 0 saturated carbocycles. The molecule has 0 amide bonds. The van der Waals surface area contributed by atoms with E-state index in [0.29, 0.717) is 0 Å². The van der Waals surface area contributed by atoms with Gasteiger partial charge >= 0.3 is 0 Å². The van der Waals surface area contributed by atoms with Crippen molar-refractivity contribution in [2.24, 2.45) is 0 Å². The molecule has 0 N–H and O–H groups in total. The molecule has 1 rings (SSSR count). The van der Waals surface area contributed by atoms with Crippen LogP contribution >= 0.6 is 11.6 Å². The van der Waals surface area contributed by atoms with Crippen molar-refractivity contribution in [1.29, 1.82) is 0 Å². The van der Waals surface area contributed by atoms with Gasteiger partial charge in [0.2, 0.25) is 0 Å². The van der Waals surface area contributed by atoms with Crippen LogP contribution in [0.15, 0.2) is 24.3 Å². The van der Waals surface area contributed by atoms with Crippen molar-refractivity contribution in [3.63, 3.8) is 0 Å². The van der Waals surface area contributed by atoms with Crippen LogP contribution in [0.1, 0.15) is 26.2 Å². The molecule has 0 fully saturated rings. The lowest BCUT2D eigenvalue weighted by molar-refractivity contribution is 0.625. The Hall–Kier alpha value is -0.760. The summed E-state index contributed by atoms with van der Waals surface area (Å²) in [6.07, 6.45) is 3.32. The van der Waals surface area contributed by atoms with E-state index in [-0.39, 0.29) is 11.2 Å². The van der Waals surface area contributed by atoms with Crippen molar-refractivity contribution >= 4 is 17.3 Å². The van der Waals surface area contributed by atoms with Gasteiger partial charge in [0.05, 0.1) is 5.38 Å². The fourth-order valence-electron chi connectivity index (χ4n) is 1.63. The molecular weight excluding hydrogens is 225 g/mol. The van der Waals surface area contributed by atoms with E-state index < -0.39 is 0 Å². The minimum absolute atomic E-state index is 0.133. The van der Waals surface area contributed by atoms with Crippen molar-refractivity contribution in [3.05, 3.63) is 30.1 Å². The number of rotatable bonds is 6. The predicted molar refractivity (Wildman–Crippen MR) is 68.8 cm³/mol. The van der Waals surface area contributed by atoms with Gasteiger partial charge in [0.1, 0.15) is 5.82 Å². The maximum atomic E-state index is 13.0. The van der Waals surface area contributed by atoms with Gasteiger partial charge in [0, 0.05) is 19.3 Å². The number of hydrogen-bond acceptors (Lipinski definition) is 1. The fourth-order valence-corrected chi connectivity index (χ4v) is 1.99. The molecule has 1 nitrogen and oxygen atoms in total. The summed E-state index contributed by atoms with van der Waals surface area (Å²) in [7, 11) is 1.94. The predicted octanol–water partition coefficient (Wildman–Crippen LogP) is 4.06. The van der Waals surface area contributed by atoms with Crippen LogP contribution in [-0.2, 0) is 0 Å². The van der Waals surface area contributed by atoms with Crippen molar-refractivity contribution in [1.82, 2.24) is 0 Å². The van der Waals surface area contributed by atoms with Crippen LogP contribution in [0.5, 0.6) is 0 Å². The molecule has 90 valence electrons. The summed E-state index contributed by atoms with van der Waals surface area (Å²) in [6, 6.07) is 6.60. The van der Waals surface area contributed by atoms with E-state index in [2.05, 4.69) is 6.92 Å². The third kappa shape index (κ3) is 4.40. The van der Waals surface area contributed by atoms with Gasteiger partial charge in [-0.2, -0.15) is 0 Å². The Bertz CT molecular complexity index is 317. The average Bonchev–Trinajstić information content (AvgIpc) is 2.26. The van der Waals surface area contributed by atoms with Crippen LogP contribution in [0.4, 0.5) is 10.1 Å². The highest BCUT2D eigenvalue weighted by Gasteiger charge is 2.09. The van der Waals surface area contributed by atoms with Gasteiger partial charge < -0.3 is 4.90 Å². The second-order valence-corrected chi connectivity index (χ2v) is 4.72. The molecule has 0 aromatic heterocycles. The Labute approximate surface area is 102 Å². The van der Waals surface area contributed by atoms with Gasteiger partial charge in [0.15, 0.2) is 0 Å². The van der Waals surface area contributed by atoms with E-state index in [9.17, 15) is 4.39 Å². The summed E-state index contributed by atoms with van der Waals surface area (Å²) in [4.78, 5) is 2.00. The Morgan fingerprint density at radius 3 is 2.81 bits per heavy atom. The van der Waals surface area contributed by atoms with E-state index in [4.69, 9.17) is 11.6 Å². The van der Waals surface area contributed by atoms with E-state index >= 15 is 0 Å². The van der Waals surface area contributed by atoms with Crippen LogP contribution in [0.25, 0.3) is 0 Å². The number of halogens is 2. The quantitative estimate of drug-likeness (QED) is 0.681. The number of benzene rings is 1. The summed E-state index contributed by atoms with van der Waals surface area (Å²) < 4.78 is 13.0. The number of alkyl halides is 1. The number of anilines is 1. The van der Waals surface area contributed by atoms with Crippen molar-refractivity contribution < 1.29 is 4.39 Å². The molecule has 0 aliphatic heterocycles. The molecular formula is C13H19ClFN. The molecule has 0 heterocycles. The van der Waals surface area contributed by atoms with Crippen molar-refractivity contribution in [2.75, 3.05) is 18.5 Å². The zero-order chi connectivity index (χ0) is 12.0. The lowest BCUT2D eigenvalue weighted by Gasteiger charge is -2.22. The molecule has 0 aliphatic rings. The first-order valence-electron chi connectivity index (χ1n) is 5.74. The normalized spacial score (nSPS) is 12.5. The molecule has 0 radical (unpaired) electrons. The number of hydrogen-bond donors (Lipinski definition) is 0. The molecule has 0 spiro atoms. The zero-order valence-corrected chi connectivity index (χ0v) is 10.7. The highest BCUT2D eigenvalue weighted by molar-refractivity contribution is 6.20. The highest BCUT2D eigenvalue weighted by Crippen LogP contribution is 2.17. The van der Waals surface area contributed by atoms with Crippen LogP contribution in [0, 0.1) is 5.82 Å². The SMILES string of the molecule is CCCCC(Cl)CN(C)c1cccc(F)c1. The summed E-state index contributed by atoms with van der Waals surface area (Å²) in [6.45, 7) is 2.91. The molecule has 1 atom stereocenters. The van der Waals surface area contributed by atoms with E-state index in [1.54, 1.807) is 6.07 Å². The second kappa shape index (κ2) is 6.74. The largest absolute Gasteiger partial charge is 0.373 e. The zero-order valence-electron chi connectivity index (χ0n) is 9.92. The third-order valence-electron chi connectivity index (χ3n) is 2.59. The average molecular weight is 244 g/mol. The minimum atomic E-state index is -0.205. The van der Waals surface area contributed by atoms with Crippen LogP contribution in [0.3, 0.4) is 0 Å². The van der Waals surface area contributed by atoms with Crippen molar-refractivity contribution in [3.8, 4) is 0 Å². The topological polar surface area (TPSA) is 3.24 Å². The smallest absolute Gasteiger partial charge is 0.125 e. The lowest BCUT2D eigenvalue weighted by Crippen LogP contribution is -2.25. The second-order valence-electron chi connectivity index (χ2n) is 4.10. The fraction of sp³-hybridized carbons (Fsp3) is 0.538. The Balaban J connectivity index is 2.48. The molecule has 1 aromatic carbocycles. The lowest BCUT2D eigenvalue weighted by atomic mass is 10.2. The number of unbranched alkanes of at least 4 members (excludes halogenated alkanes) is 1. The van der Waals surface area contributed by atoms with E-state index in [0.717, 1.165) is 31.5 Å². The molecule has 0 aliphatic carbocycles. The van der Waals surface area contributed by atoms with Gasteiger partial charge in [-0.25, -0.2) is 4.39 Å². The van der Waals surface area contributed by atoms with E-state index in [1.165, 1.54) is 12.1 Å². The Morgan fingerprint density at radius 1 is 1.44 bits per heavy atom. The minimum Gasteiger partial charge on any atom is -0.373 e. The van der Waals surface area contributed by atoms with Gasteiger partial charge in [0.25, 0.3) is 0 Å². The maximum Gasteiger partial charge on any atom is 0.125 e. The summed E-state index contributed by atoms with van der Waals surface area (Å²) in [5.74, 6) is -0.205. The third-order valence-corrected chi connectivity index (χ3v) is 2.95. The molecule has 16 heavy (non-hydrogen) atoms. The van der Waals surface area contributed by atoms with Crippen molar-refractivity contribution in [2.45, 2.75) is 31.6 Å². The van der Waals surface area contributed by atoms with Crippen LogP contribution in [0.2, 0.25) is 0 Å². The van der Waals surface area contributed by atoms with Gasteiger partial charge in [-0.15, -0.1) is 11.6 Å². The first-order valence-corrected chi connectivity index (χ1v) is 6.18. The first kappa shape index (κ1) is 13.3. The highest BCUT2D eigenvalue weighted by atomic mass is 35.5. The van der Waals surface area contributed by atoms with E-state index in [1.807, 2.05) is 18.0 Å². The monoisotopic (exact) mass is 243 g/mol. The summed E-state index contributed by atoms with van der Waals surface area (Å²) >= 11 is 6.21. The van der Waals surface area contributed by atoms with Crippen LogP contribution < -0.4 is 4.90 Å². The molecule has 0 saturated heterocycles. The van der Waals surface area contributed by atoms with Gasteiger partial charge in [-0.3, -0.25) is 0 Å². The van der Waals surface area contributed by atoms with Crippen LogP contribution in [-0.4, -0.2) is 19.0 Å².